The van der Waals surface area contributed by atoms with Crippen LogP contribution in [0.4, 0.5) is 10.8 Å². The number of anilines is 2. The standard InChI is InChI=1S/C18H14N4OS/c1-12-17(24-18(20-12)21-13-7-3-2-4-8-13)16(23)14-11-19-15-9-5-6-10-22(14)15/h2-11H,1H3,(H,20,21). The van der Waals surface area contributed by atoms with E-state index in [1.807, 2.05) is 61.7 Å². The van der Waals surface area contributed by atoms with Crippen molar-refractivity contribution < 1.29 is 4.79 Å². The van der Waals surface area contributed by atoms with Crippen LogP contribution < -0.4 is 5.32 Å². The second-order valence-electron chi connectivity index (χ2n) is 5.33. The lowest BCUT2D eigenvalue weighted by Crippen LogP contribution is -2.04. The van der Waals surface area contributed by atoms with Gasteiger partial charge in [-0.2, -0.15) is 0 Å². The maximum atomic E-state index is 12.9. The van der Waals surface area contributed by atoms with Gasteiger partial charge in [-0.15, -0.1) is 0 Å². The fourth-order valence-corrected chi connectivity index (χ4v) is 3.46. The molecule has 0 fully saturated rings. The first kappa shape index (κ1) is 14.6. The zero-order valence-electron chi connectivity index (χ0n) is 12.9. The van der Waals surface area contributed by atoms with Gasteiger partial charge in [0.25, 0.3) is 0 Å². The molecule has 1 N–H and O–H groups in total. The number of carbonyl (C=O) groups excluding carboxylic acids is 1. The molecule has 0 bridgehead atoms. The number of aromatic nitrogens is 3. The number of ketones is 1. The number of hydrogen-bond donors (Lipinski definition) is 1. The van der Waals surface area contributed by atoms with Gasteiger partial charge in [0.15, 0.2) is 5.13 Å². The van der Waals surface area contributed by atoms with Crippen LogP contribution in [-0.2, 0) is 0 Å². The normalized spacial score (nSPS) is 10.9. The van der Waals surface area contributed by atoms with Crippen LogP contribution in [0, 0.1) is 6.92 Å². The minimum atomic E-state index is -0.0650. The van der Waals surface area contributed by atoms with Gasteiger partial charge in [0.1, 0.15) is 16.2 Å². The minimum Gasteiger partial charge on any atom is -0.332 e. The summed E-state index contributed by atoms with van der Waals surface area (Å²) in [5, 5.41) is 3.94. The quantitative estimate of drug-likeness (QED) is 0.572. The van der Waals surface area contributed by atoms with E-state index in [9.17, 15) is 4.79 Å². The Hall–Kier alpha value is -2.99. The first-order chi connectivity index (χ1) is 11.7. The highest BCUT2D eigenvalue weighted by atomic mass is 32.1. The van der Waals surface area contributed by atoms with E-state index in [0.717, 1.165) is 11.3 Å². The van der Waals surface area contributed by atoms with Crippen molar-refractivity contribution in [2.45, 2.75) is 6.92 Å². The monoisotopic (exact) mass is 334 g/mol. The number of rotatable bonds is 4. The Morgan fingerprint density at radius 3 is 2.75 bits per heavy atom. The van der Waals surface area contributed by atoms with Crippen molar-refractivity contribution in [2.75, 3.05) is 5.32 Å². The molecule has 0 aliphatic heterocycles. The summed E-state index contributed by atoms with van der Waals surface area (Å²) in [5.41, 5.74) is 2.96. The molecule has 24 heavy (non-hydrogen) atoms. The molecular weight excluding hydrogens is 320 g/mol. The van der Waals surface area contributed by atoms with Crippen molar-refractivity contribution in [1.29, 1.82) is 0 Å². The lowest BCUT2D eigenvalue weighted by molar-refractivity contribution is 0.103. The topological polar surface area (TPSA) is 59.3 Å². The SMILES string of the molecule is Cc1nc(Nc2ccccc2)sc1C(=O)c1cnc2ccccn12. The number of aryl methyl sites for hydroxylation is 1. The minimum absolute atomic E-state index is 0.0650. The number of pyridine rings is 1. The van der Waals surface area contributed by atoms with E-state index in [1.54, 1.807) is 10.6 Å². The van der Waals surface area contributed by atoms with Gasteiger partial charge in [-0.1, -0.05) is 35.6 Å². The van der Waals surface area contributed by atoms with Crippen molar-refractivity contribution in [3.63, 3.8) is 0 Å². The van der Waals surface area contributed by atoms with Gasteiger partial charge in [-0.05, 0) is 31.2 Å². The molecule has 118 valence electrons. The highest BCUT2D eigenvalue weighted by molar-refractivity contribution is 7.17. The molecule has 0 aliphatic carbocycles. The van der Waals surface area contributed by atoms with Gasteiger partial charge in [0.05, 0.1) is 11.9 Å². The molecule has 0 unspecified atom stereocenters. The molecule has 0 amide bonds. The number of fused-ring (bicyclic) bond motifs is 1. The van der Waals surface area contributed by atoms with Crippen LogP contribution in [0.2, 0.25) is 0 Å². The molecule has 3 heterocycles. The Kier molecular flexibility index (Phi) is 3.59. The van der Waals surface area contributed by atoms with Crippen LogP contribution in [0.5, 0.6) is 0 Å². The zero-order chi connectivity index (χ0) is 16.5. The average molecular weight is 334 g/mol. The van der Waals surface area contributed by atoms with Crippen molar-refractivity contribution >= 4 is 33.6 Å². The molecule has 6 heteroatoms. The van der Waals surface area contributed by atoms with Crippen molar-refractivity contribution in [3.8, 4) is 0 Å². The summed E-state index contributed by atoms with van der Waals surface area (Å²) in [7, 11) is 0. The van der Waals surface area contributed by atoms with Crippen LogP contribution in [0.25, 0.3) is 5.65 Å². The first-order valence-electron chi connectivity index (χ1n) is 7.48. The molecule has 0 radical (unpaired) electrons. The van der Waals surface area contributed by atoms with Crippen LogP contribution in [-0.4, -0.2) is 20.2 Å². The Bertz CT molecular complexity index is 1020. The summed E-state index contributed by atoms with van der Waals surface area (Å²) in [6.07, 6.45) is 3.45. The number of nitrogens with zero attached hydrogens (tertiary/aromatic N) is 3. The van der Waals surface area contributed by atoms with E-state index in [1.165, 1.54) is 11.3 Å². The number of benzene rings is 1. The maximum Gasteiger partial charge on any atom is 0.223 e. The van der Waals surface area contributed by atoms with Crippen LogP contribution in [0.1, 0.15) is 21.1 Å². The average Bonchev–Trinajstić information content (AvgIpc) is 3.19. The number of para-hydroxylation sites is 1. The lowest BCUT2D eigenvalue weighted by Gasteiger charge is -2.00. The van der Waals surface area contributed by atoms with E-state index in [-0.39, 0.29) is 5.78 Å². The van der Waals surface area contributed by atoms with E-state index in [4.69, 9.17) is 0 Å². The summed E-state index contributed by atoms with van der Waals surface area (Å²) in [6.45, 7) is 1.85. The third kappa shape index (κ3) is 2.57. The first-order valence-corrected chi connectivity index (χ1v) is 8.30. The molecule has 0 spiro atoms. The largest absolute Gasteiger partial charge is 0.332 e. The van der Waals surface area contributed by atoms with Gasteiger partial charge in [-0.3, -0.25) is 9.20 Å². The smallest absolute Gasteiger partial charge is 0.223 e. The maximum absolute atomic E-state index is 12.9. The number of thiazole rings is 1. The van der Waals surface area contributed by atoms with Crippen LogP contribution >= 0.6 is 11.3 Å². The van der Waals surface area contributed by atoms with Crippen LogP contribution in [0.3, 0.4) is 0 Å². The Morgan fingerprint density at radius 1 is 1.12 bits per heavy atom. The number of imidazole rings is 1. The summed E-state index contributed by atoms with van der Waals surface area (Å²) in [5.74, 6) is -0.0650. The molecule has 0 saturated heterocycles. The fraction of sp³-hybridized carbons (Fsp3) is 0.0556. The summed E-state index contributed by atoms with van der Waals surface area (Å²) < 4.78 is 1.80. The summed E-state index contributed by atoms with van der Waals surface area (Å²) in [4.78, 5) is 22.3. The third-order valence-electron chi connectivity index (χ3n) is 3.68. The van der Waals surface area contributed by atoms with Gasteiger partial charge >= 0.3 is 0 Å². The summed E-state index contributed by atoms with van der Waals surface area (Å²) >= 11 is 1.36. The zero-order valence-corrected chi connectivity index (χ0v) is 13.7. The van der Waals surface area contributed by atoms with Crippen molar-refractivity contribution in [3.05, 3.63) is 77.2 Å². The molecule has 4 rings (SSSR count). The fourth-order valence-electron chi connectivity index (χ4n) is 2.52. The van der Waals surface area contributed by atoms with Gasteiger partial charge in [0, 0.05) is 11.9 Å². The Balaban J connectivity index is 1.68. The molecule has 0 saturated carbocycles. The molecule has 4 aromatic rings. The molecule has 0 atom stereocenters. The van der Waals surface area contributed by atoms with Crippen LogP contribution in [0.15, 0.2) is 60.9 Å². The second-order valence-corrected chi connectivity index (χ2v) is 6.33. The summed E-state index contributed by atoms with van der Waals surface area (Å²) in [6, 6.07) is 15.4. The van der Waals surface area contributed by atoms with Crippen molar-refractivity contribution in [1.82, 2.24) is 14.4 Å². The highest BCUT2D eigenvalue weighted by Gasteiger charge is 2.20. The van der Waals surface area contributed by atoms with E-state index in [2.05, 4.69) is 15.3 Å². The number of carbonyl (C=O) groups is 1. The van der Waals surface area contributed by atoms with Gasteiger partial charge < -0.3 is 5.32 Å². The van der Waals surface area contributed by atoms with Gasteiger partial charge in [0.2, 0.25) is 5.78 Å². The molecule has 1 aromatic carbocycles. The number of hydrogen-bond acceptors (Lipinski definition) is 5. The second kappa shape index (κ2) is 5.90. The Labute approximate surface area is 142 Å². The molecule has 3 aromatic heterocycles. The lowest BCUT2D eigenvalue weighted by atomic mass is 10.2. The number of nitrogens with one attached hydrogen (secondary N) is 1. The predicted octanol–water partition coefficient (Wildman–Crippen LogP) is 4.07. The van der Waals surface area contributed by atoms with E-state index in [0.29, 0.717) is 21.4 Å². The third-order valence-corrected chi connectivity index (χ3v) is 4.75. The van der Waals surface area contributed by atoms with E-state index >= 15 is 0 Å². The molecule has 0 aliphatic rings. The highest BCUT2D eigenvalue weighted by Crippen LogP contribution is 2.27. The van der Waals surface area contributed by atoms with Crippen molar-refractivity contribution in [2.24, 2.45) is 0 Å². The predicted molar refractivity (Wildman–Crippen MR) is 95.2 cm³/mol. The van der Waals surface area contributed by atoms with Gasteiger partial charge in [-0.25, -0.2) is 9.97 Å². The molecule has 5 nitrogen and oxygen atoms in total. The molecular formula is C18H14N4OS. The Morgan fingerprint density at radius 2 is 1.92 bits per heavy atom. The van der Waals surface area contributed by atoms with E-state index < -0.39 is 0 Å².